The van der Waals surface area contributed by atoms with Crippen LogP contribution in [0.2, 0.25) is 0 Å². The van der Waals surface area contributed by atoms with Gasteiger partial charge in [-0.3, -0.25) is 0 Å². The fourth-order valence-electron chi connectivity index (χ4n) is 8.74. The van der Waals surface area contributed by atoms with E-state index in [1.807, 2.05) is 0 Å². The van der Waals surface area contributed by atoms with Crippen molar-refractivity contribution in [2.24, 2.45) is 46.3 Å². The minimum Gasteiger partial charge on any atom is -0.392 e. The number of fused-ring (bicyclic) bond motifs is 5. The minimum atomic E-state index is -0.100. The van der Waals surface area contributed by atoms with Crippen molar-refractivity contribution in [1.29, 1.82) is 0 Å². The molecule has 0 spiro atoms. The molecule has 3 saturated carbocycles. The number of allylic oxidation sites excluding steroid dienone is 1. The Morgan fingerprint density at radius 3 is 2.57 bits per heavy atom. The van der Waals surface area contributed by atoms with Crippen LogP contribution >= 0.6 is 0 Å². The van der Waals surface area contributed by atoms with Gasteiger partial charge in [-0.15, -0.1) is 0 Å². The molecule has 0 saturated heterocycles. The predicted octanol–water partition coefficient (Wildman–Crippen LogP) is 7.39. The van der Waals surface area contributed by atoms with Gasteiger partial charge in [0.1, 0.15) is 0 Å². The Balaban J connectivity index is 1.51. The van der Waals surface area contributed by atoms with Gasteiger partial charge in [-0.25, -0.2) is 0 Å². The van der Waals surface area contributed by atoms with Crippen molar-refractivity contribution in [2.45, 2.75) is 111 Å². The maximum Gasteiger partial charge on any atom is 0.0633 e. The lowest BCUT2D eigenvalue weighted by Gasteiger charge is -2.59. The van der Waals surface area contributed by atoms with E-state index in [9.17, 15) is 5.11 Å². The molecule has 4 aliphatic carbocycles. The van der Waals surface area contributed by atoms with Crippen LogP contribution in [0.5, 0.6) is 0 Å². The Kier molecular flexibility index (Phi) is 5.80. The van der Waals surface area contributed by atoms with Crippen molar-refractivity contribution in [3.63, 3.8) is 0 Å². The van der Waals surface area contributed by atoms with Crippen LogP contribution in [0.15, 0.2) is 11.6 Å². The van der Waals surface area contributed by atoms with Crippen LogP contribution in [0, 0.1) is 46.3 Å². The third kappa shape index (κ3) is 3.23. The molecule has 1 nitrogen and oxygen atoms in total. The molecule has 0 radical (unpaired) electrons. The van der Waals surface area contributed by atoms with Crippen molar-refractivity contribution in [1.82, 2.24) is 0 Å². The molecule has 0 bridgehead atoms. The molecular formula is C27H46O. The fraction of sp³-hybridized carbons (Fsp3) is 0.926. The SMILES string of the molecule is CC(C)CCC[C@@H](C)[C@H]1CC[C@H]2[C@@H]3CC=C4CCC[C@H](O)[C@]4(C)[C@H]3CC[C@]12C. The Hall–Kier alpha value is -0.300. The first-order chi connectivity index (χ1) is 13.3. The first kappa shape index (κ1) is 21.0. The largest absolute Gasteiger partial charge is 0.392 e. The number of aliphatic hydroxyl groups is 1. The summed E-state index contributed by atoms with van der Waals surface area (Å²) in [6, 6.07) is 0. The maximum absolute atomic E-state index is 11.0. The molecular weight excluding hydrogens is 340 g/mol. The number of hydrogen-bond acceptors (Lipinski definition) is 1. The number of aliphatic hydroxyl groups excluding tert-OH is 1. The van der Waals surface area contributed by atoms with E-state index in [0.717, 1.165) is 41.9 Å². The third-order valence-electron chi connectivity index (χ3n) is 10.4. The zero-order chi connectivity index (χ0) is 20.1. The van der Waals surface area contributed by atoms with Gasteiger partial charge in [0, 0.05) is 5.41 Å². The second-order valence-electron chi connectivity index (χ2n) is 12.1. The van der Waals surface area contributed by atoms with Crippen LogP contribution in [0.25, 0.3) is 0 Å². The maximum atomic E-state index is 11.0. The first-order valence-electron chi connectivity index (χ1n) is 12.7. The summed E-state index contributed by atoms with van der Waals surface area (Å²) in [5.41, 5.74) is 2.26. The summed E-state index contributed by atoms with van der Waals surface area (Å²) < 4.78 is 0. The summed E-state index contributed by atoms with van der Waals surface area (Å²) in [5.74, 6) is 5.12. The zero-order valence-corrected chi connectivity index (χ0v) is 19.3. The second-order valence-corrected chi connectivity index (χ2v) is 12.1. The third-order valence-corrected chi connectivity index (χ3v) is 10.4. The topological polar surface area (TPSA) is 20.2 Å². The van der Waals surface area contributed by atoms with Crippen LogP contribution in [0.4, 0.5) is 0 Å². The molecule has 4 aliphatic rings. The van der Waals surface area contributed by atoms with Gasteiger partial charge in [0.15, 0.2) is 0 Å². The van der Waals surface area contributed by atoms with E-state index in [2.05, 4.69) is 40.7 Å². The van der Waals surface area contributed by atoms with Crippen LogP contribution in [0.3, 0.4) is 0 Å². The molecule has 0 heterocycles. The van der Waals surface area contributed by atoms with Gasteiger partial charge in [-0.2, -0.15) is 0 Å². The lowest BCUT2D eigenvalue weighted by Crippen LogP contribution is -2.54. The second kappa shape index (κ2) is 7.75. The van der Waals surface area contributed by atoms with E-state index >= 15 is 0 Å². The molecule has 3 fully saturated rings. The van der Waals surface area contributed by atoms with Gasteiger partial charge in [0.05, 0.1) is 6.10 Å². The smallest absolute Gasteiger partial charge is 0.0633 e. The summed E-state index contributed by atoms with van der Waals surface area (Å²) >= 11 is 0. The Morgan fingerprint density at radius 1 is 1.04 bits per heavy atom. The van der Waals surface area contributed by atoms with Crippen LogP contribution in [-0.4, -0.2) is 11.2 Å². The molecule has 160 valence electrons. The summed E-state index contributed by atoms with van der Waals surface area (Å²) in [5, 5.41) is 11.0. The molecule has 0 aromatic rings. The molecule has 4 rings (SSSR count). The van der Waals surface area contributed by atoms with Gasteiger partial charge in [-0.05, 0) is 92.3 Å². The Morgan fingerprint density at radius 2 is 1.82 bits per heavy atom. The van der Waals surface area contributed by atoms with Gasteiger partial charge in [0.2, 0.25) is 0 Å². The summed E-state index contributed by atoms with van der Waals surface area (Å²) in [4.78, 5) is 0. The van der Waals surface area contributed by atoms with Crippen molar-refractivity contribution in [3.8, 4) is 0 Å². The van der Waals surface area contributed by atoms with Crippen LogP contribution in [0.1, 0.15) is 105 Å². The number of rotatable bonds is 5. The van der Waals surface area contributed by atoms with E-state index in [1.165, 1.54) is 64.2 Å². The Bertz CT molecular complexity index is 591. The summed E-state index contributed by atoms with van der Waals surface area (Å²) in [6.07, 6.45) is 17.2. The van der Waals surface area contributed by atoms with Crippen molar-refractivity contribution >= 4 is 0 Å². The molecule has 1 N–H and O–H groups in total. The van der Waals surface area contributed by atoms with Crippen molar-refractivity contribution in [3.05, 3.63) is 11.6 Å². The molecule has 8 atom stereocenters. The highest BCUT2D eigenvalue weighted by Gasteiger charge is 2.60. The van der Waals surface area contributed by atoms with Crippen LogP contribution in [-0.2, 0) is 0 Å². The van der Waals surface area contributed by atoms with Crippen molar-refractivity contribution < 1.29 is 5.11 Å². The molecule has 0 unspecified atom stereocenters. The zero-order valence-electron chi connectivity index (χ0n) is 19.3. The van der Waals surface area contributed by atoms with Gasteiger partial charge in [0.25, 0.3) is 0 Å². The van der Waals surface area contributed by atoms with Gasteiger partial charge < -0.3 is 5.11 Å². The highest BCUT2D eigenvalue weighted by atomic mass is 16.3. The van der Waals surface area contributed by atoms with E-state index in [0.29, 0.717) is 5.41 Å². The van der Waals surface area contributed by atoms with Crippen molar-refractivity contribution in [2.75, 3.05) is 0 Å². The standard InChI is InChI=1S/C27H46O/c1-18(2)8-6-9-19(3)22-14-15-23-21-13-12-20-10-7-11-25(28)27(20,5)24(21)16-17-26(22,23)4/h12,18-19,21-25,28H,6-11,13-17H2,1-5H3/t19-,21+,22-,23+,24+,25+,26-,27+/m1/s1. The summed E-state index contributed by atoms with van der Waals surface area (Å²) in [7, 11) is 0. The highest BCUT2D eigenvalue weighted by molar-refractivity contribution is 5.26. The Labute approximate surface area is 174 Å². The normalized spacial score (nSPS) is 46.5. The predicted molar refractivity (Wildman–Crippen MR) is 119 cm³/mol. The average Bonchev–Trinajstić information content (AvgIpc) is 3.00. The quantitative estimate of drug-likeness (QED) is 0.488. The van der Waals surface area contributed by atoms with Crippen LogP contribution < -0.4 is 0 Å². The molecule has 0 aromatic heterocycles. The minimum absolute atomic E-state index is 0.0868. The van der Waals surface area contributed by atoms with Gasteiger partial charge in [-0.1, -0.05) is 65.5 Å². The van der Waals surface area contributed by atoms with E-state index in [-0.39, 0.29) is 11.5 Å². The molecule has 0 aromatic carbocycles. The van der Waals surface area contributed by atoms with E-state index < -0.39 is 0 Å². The monoisotopic (exact) mass is 386 g/mol. The molecule has 0 aliphatic heterocycles. The number of hydrogen-bond donors (Lipinski definition) is 1. The molecule has 0 amide bonds. The van der Waals surface area contributed by atoms with Gasteiger partial charge >= 0.3 is 0 Å². The first-order valence-corrected chi connectivity index (χ1v) is 12.7. The average molecular weight is 387 g/mol. The fourth-order valence-corrected chi connectivity index (χ4v) is 8.74. The lowest BCUT2D eigenvalue weighted by atomic mass is 9.46. The molecule has 1 heteroatoms. The highest BCUT2D eigenvalue weighted by Crippen LogP contribution is 2.67. The van der Waals surface area contributed by atoms with E-state index in [1.54, 1.807) is 5.57 Å². The molecule has 28 heavy (non-hydrogen) atoms. The van der Waals surface area contributed by atoms with E-state index in [4.69, 9.17) is 0 Å². The summed E-state index contributed by atoms with van der Waals surface area (Å²) in [6.45, 7) is 12.4. The lowest BCUT2D eigenvalue weighted by molar-refractivity contribution is -0.0930.